The average molecular weight is 395 g/mol. The van der Waals surface area contributed by atoms with Gasteiger partial charge in [-0.05, 0) is 26.7 Å². The third-order valence-electron chi connectivity index (χ3n) is 5.36. The van der Waals surface area contributed by atoms with Gasteiger partial charge in [0.2, 0.25) is 0 Å². The zero-order valence-electron chi connectivity index (χ0n) is 16.9. The van der Waals surface area contributed by atoms with E-state index in [9.17, 15) is 9.59 Å². The van der Waals surface area contributed by atoms with Crippen LogP contribution in [0.2, 0.25) is 0 Å². The minimum atomic E-state index is -0.157. The standard InChI is InChI=1S/C21H25N5O3/c1-14(2)26-19(22-24(3)21(26)28)16-10-7-11-25(13-16)20(27)17-12-18(29-23-17)15-8-5-4-6-9-15/h4-6,8-9,12,14,16H,7,10-11,13H2,1-3H3. The highest BCUT2D eigenvalue weighted by atomic mass is 16.5. The topological polar surface area (TPSA) is 86.2 Å². The zero-order chi connectivity index (χ0) is 20.5. The molecule has 1 unspecified atom stereocenters. The Morgan fingerprint density at radius 2 is 2.00 bits per heavy atom. The second kappa shape index (κ2) is 7.69. The van der Waals surface area contributed by atoms with Gasteiger partial charge in [0, 0.05) is 43.7 Å². The van der Waals surface area contributed by atoms with Gasteiger partial charge in [-0.15, -0.1) is 0 Å². The van der Waals surface area contributed by atoms with Gasteiger partial charge in [0.1, 0.15) is 5.82 Å². The zero-order valence-corrected chi connectivity index (χ0v) is 16.9. The van der Waals surface area contributed by atoms with Crippen molar-refractivity contribution in [2.24, 2.45) is 7.05 Å². The number of aryl methyl sites for hydroxylation is 1. The second-order valence-corrected chi connectivity index (χ2v) is 7.76. The third-order valence-corrected chi connectivity index (χ3v) is 5.36. The lowest BCUT2D eigenvalue weighted by Crippen LogP contribution is -2.40. The maximum absolute atomic E-state index is 13.0. The fourth-order valence-corrected chi connectivity index (χ4v) is 3.91. The number of nitrogens with zero attached hydrogens (tertiary/aromatic N) is 5. The van der Waals surface area contributed by atoms with Crippen LogP contribution in [-0.2, 0) is 7.05 Å². The van der Waals surface area contributed by atoms with E-state index in [1.165, 1.54) is 4.68 Å². The molecule has 3 heterocycles. The molecule has 8 heteroatoms. The van der Waals surface area contributed by atoms with Crippen molar-refractivity contribution in [1.29, 1.82) is 0 Å². The molecule has 0 spiro atoms. The molecule has 8 nitrogen and oxygen atoms in total. The van der Waals surface area contributed by atoms with E-state index in [-0.39, 0.29) is 23.6 Å². The van der Waals surface area contributed by atoms with Crippen molar-refractivity contribution >= 4 is 5.91 Å². The Morgan fingerprint density at radius 1 is 1.24 bits per heavy atom. The first kappa shape index (κ1) is 19.2. The van der Waals surface area contributed by atoms with E-state index in [4.69, 9.17) is 4.52 Å². The Hall–Kier alpha value is -3.16. The molecule has 1 saturated heterocycles. The number of likely N-dealkylation sites (tertiary alicyclic amines) is 1. The van der Waals surface area contributed by atoms with Crippen LogP contribution < -0.4 is 5.69 Å². The summed E-state index contributed by atoms with van der Waals surface area (Å²) < 4.78 is 8.48. The summed E-state index contributed by atoms with van der Waals surface area (Å²) in [5.41, 5.74) is 1.05. The molecule has 3 aromatic rings. The lowest BCUT2D eigenvalue weighted by Gasteiger charge is -2.32. The number of rotatable bonds is 4. The van der Waals surface area contributed by atoms with Crippen molar-refractivity contribution in [2.75, 3.05) is 13.1 Å². The molecule has 1 aromatic carbocycles. The highest BCUT2D eigenvalue weighted by Gasteiger charge is 2.31. The van der Waals surface area contributed by atoms with E-state index in [2.05, 4.69) is 10.3 Å². The monoisotopic (exact) mass is 395 g/mol. The second-order valence-electron chi connectivity index (χ2n) is 7.76. The quantitative estimate of drug-likeness (QED) is 0.678. The van der Waals surface area contributed by atoms with Gasteiger partial charge in [-0.3, -0.25) is 9.36 Å². The predicted octanol–water partition coefficient (Wildman–Crippen LogP) is 2.84. The molecule has 0 bridgehead atoms. The molecule has 0 saturated carbocycles. The largest absolute Gasteiger partial charge is 0.355 e. The molecule has 0 aliphatic carbocycles. The number of piperidine rings is 1. The molecular weight excluding hydrogens is 370 g/mol. The normalized spacial score (nSPS) is 17.1. The Bertz CT molecular complexity index is 1060. The summed E-state index contributed by atoms with van der Waals surface area (Å²) in [6.45, 7) is 5.11. The summed E-state index contributed by atoms with van der Waals surface area (Å²) in [5, 5.41) is 8.45. The van der Waals surface area contributed by atoms with E-state index in [1.807, 2.05) is 44.2 Å². The summed E-state index contributed by atoms with van der Waals surface area (Å²) in [6.07, 6.45) is 1.74. The van der Waals surface area contributed by atoms with Crippen molar-refractivity contribution in [3.05, 3.63) is 58.4 Å². The molecule has 1 amide bonds. The maximum atomic E-state index is 13.0. The van der Waals surface area contributed by atoms with E-state index >= 15 is 0 Å². The Kier molecular flexibility index (Phi) is 5.08. The summed E-state index contributed by atoms with van der Waals surface area (Å²) in [6, 6.07) is 11.3. The van der Waals surface area contributed by atoms with Gasteiger partial charge in [0.25, 0.3) is 5.91 Å². The molecule has 152 valence electrons. The predicted molar refractivity (Wildman–Crippen MR) is 108 cm³/mol. The van der Waals surface area contributed by atoms with Crippen molar-refractivity contribution in [1.82, 2.24) is 24.4 Å². The van der Waals surface area contributed by atoms with Gasteiger partial charge in [0.15, 0.2) is 11.5 Å². The van der Waals surface area contributed by atoms with Gasteiger partial charge in [0.05, 0.1) is 0 Å². The van der Waals surface area contributed by atoms with Gasteiger partial charge in [-0.2, -0.15) is 5.10 Å². The van der Waals surface area contributed by atoms with Crippen LogP contribution in [0.5, 0.6) is 0 Å². The van der Waals surface area contributed by atoms with Gasteiger partial charge >= 0.3 is 5.69 Å². The van der Waals surface area contributed by atoms with E-state index in [0.717, 1.165) is 24.2 Å². The molecule has 1 aliphatic rings. The van der Waals surface area contributed by atoms with Crippen molar-refractivity contribution in [3.8, 4) is 11.3 Å². The van der Waals surface area contributed by atoms with Crippen LogP contribution >= 0.6 is 0 Å². The summed E-state index contributed by atoms with van der Waals surface area (Å²) >= 11 is 0. The average Bonchev–Trinajstić information content (AvgIpc) is 3.34. The molecule has 0 N–H and O–H groups in total. The van der Waals surface area contributed by atoms with Crippen LogP contribution in [-0.4, -0.2) is 43.4 Å². The van der Waals surface area contributed by atoms with Crippen LogP contribution in [0.1, 0.15) is 55.0 Å². The van der Waals surface area contributed by atoms with Crippen LogP contribution in [0.15, 0.2) is 45.7 Å². The van der Waals surface area contributed by atoms with E-state index in [0.29, 0.717) is 24.5 Å². The first-order valence-corrected chi connectivity index (χ1v) is 9.92. The van der Waals surface area contributed by atoms with E-state index in [1.54, 1.807) is 22.6 Å². The van der Waals surface area contributed by atoms with Crippen LogP contribution in [0.25, 0.3) is 11.3 Å². The molecule has 1 fully saturated rings. The first-order chi connectivity index (χ1) is 14.0. The number of carbonyl (C=O) groups is 1. The number of benzene rings is 1. The van der Waals surface area contributed by atoms with E-state index < -0.39 is 0 Å². The Morgan fingerprint density at radius 3 is 2.72 bits per heavy atom. The summed E-state index contributed by atoms with van der Waals surface area (Å²) in [7, 11) is 1.66. The molecule has 29 heavy (non-hydrogen) atoms. The maximum Gasteiger partial charge on any atom is 0.345 e. The summed E-state index contributed by atoms with van der Waals surface area (Å²) in [4.78, 5) is 27.2. The smallest absolute Gasteiger partial charge is 0.345 e. The number of hydrogen-bond acceptors (Lipinski definition) is 5. The van der Waals surface area contributed by atoms with Crippen molar-refractivity contribution in [2.45, 2.75) is 38.6 Å². The minimum absolute atomic E-state index is 0.0150. The van der Waals surface area contributed by atoms with Gasteiger partial charge < -0.3 is 9.42 Å². The minimum Gasteiger partial charge on any atom is -0.355 e. The number of hydrogen-bond donors (Lipinski definition) is 0. The number of amides is 1. The molecule has 4 rings (SSSR count). The highest BCUT2D eigenvalue weighted by Crippen LogP contribution is 2.28. The lowest BCUT2D eigenvalue weighted by atomic mass is 9.96. The molecule has 1 aliphatic heterocycles. The fraction of sp³-hybridized carbons (Fsp3) is 0.429. The Balaban J connectivity index is 1.55. The van der Waals surface area contributed by atoms with Crippen LogP contribution in [0.3, 0.4) is 0 Å². The van der Waals surface area contributed by atoms with Crippen LogP contribution in [0, 0.1) is 0 Å². The Labute approximate surface area is 168 Å². The van der Waals surface area contributed by atoms with Crippen LogP contribution in [0.4, 0.5) is 0 Å². The molecular formula is C21H25N5O3. The first-order valence-electron chi connectivity index (χ1n) is 9.92. The summed E-state index contributed by atoms with van der Waals surface area (Å²) in [5.74, 6) is 1.18. The number of aromatic nitrogens is 4. The highest BCUT2D eigenvalue weighted by molar-refractivity contribution is 5.93. The van der Waals surface area contributed by atoms with Gasteiger partial charge in [-0.25, -0.2) is 9.48 Å². The SMILES string of the molecule is CC(C)n1c(C2CCCN(C(=O)c3cc(-c4ccccc4)on3)C2)nn(C)c1=O. The third kappa shape index (κ3) is 3.62. The molecule has 2 aromatic heterocycles. The van der Waals surface area contributed by atoms with Crippen molar-refractivity contribution < 1.29 is 9.32 Å². The lowest BCUT2D eigenvalue weighted by molar-refractivity contribution is 0.0692. The number of carbonyl (C=O) groups excluding carboxylic acids is 1. The van der Waals surface area contributed by atoms with Gasteiger partial charge in [-0.1, -0.05) is 35.5 Å². The molecule has 0 radical (unpaired) electrons. The molecule has 1 atom stereocenters. The fourth-order valence-electron chi connectivity index (χ4n) is 3.91. The van der Waals surface area contributed by atoms with Crippen molar-refractivity contribution in [3.63, 3.8) is 0 Å².